The number of benzene rings is 1. The van der Waals surface area contributed by atoms with Gasteiger partial charge in [-0.25, -0.2) is 4.79 Å². The van der Waals surface area contributed by atoms with Crippen LogP contribution in [0.1, 0.15) is 38.1 Å². The molecular weight excluding hydrogens is 364 g/mol. The van der Waals surface area contributed by atoms with Crippen molar-refractivity contribution in [3.8, 4) is 0 Å². The molecule has 0 saturated carbocycles. The number of rotatable bonds is 8. The molecule has 1 aromatic rings. The number of carbonyl (C=O) groups excluding carboxylic acids is 1. The topological polar surface area (TPSA) is 113 Å². The van der Waals surface area contributed by atoms with Gasteiger partial charge >= 0.3 is 5.97 Å². The smallest absolute Gasteiger partial charge is 0.338 e. The first-order chi connectivity index (χ1) is 13.1. The van der Waals surface area contributed by atoms with Crippen LogP contribution < -0.4 is 0 Å². The molecule has 148 valence electrons. The van der Waals surface area contributed by atoms with Crippen LogP contribution in [0.5, 0.6) is 0 Å². The summed E-state index contributed by atoms with van der Waals surface area (Å²) in [5.74, 6) is -0.877. The van der Waals surface area contributed by atoms with Gasteiger partial charge in [0.2, 0.25) is 0 Å². The van der Waals surface area contributed by atoms with Gasteiger partial charge in [0, 0.05) is 12.1 Å². The highest BCUT2D eigenvalue weighted by atomic mass is 16.6. The number of hydrogen-bond donors (Lipinski definition) is 0. The van der Waals surface area contributed by atoms with Gasteiger partial charge in [0.05, 0.1) is 21.5 Å². The van der Waals surface area contributed by atoms with Crippen LogP contribution in [0.4, 0.5) is 11.4 Å². The molecule has 1 rings (SSSR count). The van der Waals surface area contributed by atoms with Gasteiger partial charge in [0.25, 0.3) is 11.4 Å². The molecule has 0 aliphatic heterocycles. The standard InChI is InChI=1S/C20H22N2O6/c1-5-14(2)9-16(4)10-15(3)7-6-8-28-20(23)17-11-18(21(24)25)13-19(12-17)22(26)27/h5-7,9-13H,8H2,1-4H3/b7-6+,14-5+,15-10+,16-9+. The molecule has 0 radical (unpaired) electrons. The lowest BCUT2D eigenvalue weighted by molar-refractivity contribution is -0.394. The average molecular weight is 386 g/mol. The summed E-state index contributed by atoms with van der Waals surface area (Å²) in [6, 6.07) is 2.68. The van der Waals surface area contributed by atoms with Crippen molar-refractivity contribution in [2.24, 2.45) is 0 Å². The Labute approximate surface area is 162 Å². The van der Waals surface area contributed by atoms with Gasteiger partial charge in [-0.05, 0) is 33.8 Å². The minimum Gasteiger partial charge on any atom is -0.458 e. The second kappa shape index (κ2) is 10.6. The zero-order valence-electron chi connectivity index (χ0n) is 16.2. The van der Waals surface area contributed by atoms with Gasteiger partial charge in [-0.15, -0.1) is 0 Å². The Bertz CT molecular complexity index is 862. The van der Waals surface area contributed by atoms with Gasteiger partial charge in [-0.3, -0.25) is 20.2 Å². The molecule has 0 aliphatic carbocycles. The molecule has 8 nitrogen and oxygen atoms in total. The number of non-ortho nitro benzene ring substituents is 2. The summed E-state index contributed by atoms with van der Waals surface area (Å²) in [6.07, 6.45) is 9.39. The number of nitro benzene ring substituents is 2. The van der Waals surface area contributed by atoms with Crippen molar-refractivity contribution in [1.82, 2.24) is 0 Å². The number of ether oxygens (including phenoxy) is 1. The molecule has 0 spiro atoms. The molecule has 0 saturated heterocycles. The van der Waals surface area contributed by atoms with E-state index in [1.807, 2.05) is 45.9 Å². The third-order valence-electron chi connectivity index (χ3n) is 3.62. The highest BCUT2D eigenvalue weighted by Crippen LogP contribution is 2.23. The van der Waals surface area contributed by atoms with Crippen molar-refractivity contribution in [1.29, 1.82) is 0 Å². The minimum atomic E-state index is -0.877. The minimum absolute atomic E-state index is 0.0723. The predicted molar refractivity (Wildman–Crippen MR) is 106 cm³/mol. The van der Waals surface area contributed by atoms with E-state index in [4.69, 9.17) is 4.74 Å². The zero-order chi connectivity index (χ0) is 21.3. The quantitative estimate of drug-likeness (QED) is 0.267. The maximum Gasteiger partial charge on any atom is 0.338 e. The Morgan fingerprint density at radius 2 is 1.50 bits per heavy atom. The summed E-state index contributed by atoms with van der Waals surface area (Å²) < 4.78 is 5.01. The van der Waals surface area contributed by atoms with E-state index in [-0.39, 0.29) is 12.2 Å². The largest absolute Gasteiger partial charge is 0.458 e. The summed E-state index contributed by atoms with van der Waals surface area (Å²) in [5.41, 5.74) is 1.81. The summed E-state index contributed by atoms with van der Waals surface area (Å²) in [7, 11) is 0. The molecule has 0 bridgehead atoms. The molecule has 0 atom stereocenters. The SMILES string of the molecule is C/C=C(C)/C=C(C)/C=C(C)/C=C/COC(=O)c1cc([N+](=O)[O-])cc([N+](=O)[O-])c1. The van der Waals surface area contributed by atoms with Crippen LogP contribution in [0.3, 0.4) is 0 Å². The van der Waals surface area contributed by atoms with Crippen LogP contribution in [0.15, 0.2) is 65.3 Å². The van der Waals surface area contributed by atoms with E-state index < -0.39 is 27.2 Å². The van der Waals surface area contributed by atoms with E-state index >= 15 is 0 Å². The highest BCUT2D eigenvalue weighted by Gasteiger charge is 2.20. The Morgan fingerprint density at radius 1 is 0.964 bits per heavy atom. The number of carbonyl (C=O) groups is 1. The summed E-state index contributed by atoms with van der Waals surface area (Å²) in [5, 5.41) is 21.7. The predicted octanol–water partition coefficient (Wildman–Crippen LogP) is 5.07. The molecule has 0 aliphatic rings. The van der Waals surface area contributed by atoms with Gasteiger partial charge in [-0.2, -0.15) is 0 Å². The Morgan fingerprint density at radius 3 is 2.00 bits per heavy atom. The third kappa shape index (κ3) is 7.36. The van der Waals surface area contributed by atoms with E-state index in [1.54, 1.807) is 12.2 Å². The van der Waals surface area contributed by atoms with Crippen molar-refractivity contribution < 1.29 is 19.4 Å². The summed E-state index contributed by atoms with van der Waals surface area (Å²) in [4.78, 5) is 32.2. The first-order valence-electron chi connectivity index (χ1n) is 8.41. The van der Waals surface area contributed by atoms with Crippen LogP contribution in [0, 0.1) is 20.2 Å². The van der Waals surface area contributed by atoms with Gasteiger partial charge < -0.3 is 4.74 Å². The van der Waals surface area contributed by atoms with Crippen molar-refractivity contribution in [2.45, 2.75) is 27.7 Å². The Kier molecular flexibility index (Phi) is 8.48. The Hall–Kier alpha value is -3.55. The number of esters is 1. The van der Waals surface area contributed by atoms with E-state index in [2.05, 4.69) is 0 Å². The molecule has 8 heteroatoms. The van der Waals surface area contributed by atoms with Gasteiger partial charge in [0.15, 0.2) is 0 Å². The lowest BCUT2D eigenvalue weighted by atomic mass is 10.1. The molecule has 1 aromatic carbocycles. The number of allylic oxidation sites excluding steroid dienone is 7. The lowest BCUT2D eigenvalue weighted by Gasteiger charge is -2.02. The van der Waals surface area contributed by atoms with Crippen molar-refractivity contribution in [2.75, 3.05) is 6.61 Å². The van der Waals surface area contributed by atoms with Crippen molar-refractivity contribution >= 4 is 17.3 Å². The molecule has 0 N–H and O–H groups in total. The lowest BCUT2D eigenvalue weighted by Crippen LogP contribution is -2.06. The van der Waals surface area contributed by atoms with Gasteiger partial charge in [-0.1, -0.05) is 41.0 Å². The van der Waals surface area contributed by atoms with E-state index in [0.717, 1.165) is 34.9 Å². The summed E-state index contributed by atoms with van der Waals surface area (Å²) in [6.45, 7) is 7.75. The monoisotopic (exact) mass is 386 g/mol. The second-order valence-corrected chi connectivity index (χ2v) is 6.06. The van der Waals surface area contributed by atoms with Crippen LogP contribution in [0.2, 0.25) is 0 Å². The number of nitro groups is 2. The molecule has 0 unspecified atom stereocenters. The molecule has 0 heterocycles. The fourth-order valence-corrected chi connectivity index (χ4v) is 2.26. The normalized spacial score (nSPS) is 12.9. The fourth-order valence-electron chi connectivity index (χ4n) is 2.26. The second-order valence-electron chi connectivity index (χ2n) is 6.06. The van der Waals surface area contributed by atoms with E-state index in [9.17, 15) is 25.0 Å². The van der Waals surface area contributed by atoms with Crippen LogP contribution in [0.25, 0.3) is 0 Å². The first-order valence-corrected chi connectivity index (χ1v) is 8.41. The molecule has 0 amide bonds. The maximum absolute atomic E-state index is 12.0. The molecule has 0 aromatic heterocycles. The highest BCUT2D eigenvalue weighted by molar-refractivity contribution is 5.91. The van der Waals surface area contributed by atoms with Crippen LogP contribution >= 0.6 is 0 Å². The van der Waals surface area contributed by atoms with Crippen molar-refractivity contribution in [3.05, 3.63) is 91.1 Å². The number of hydrogen-bond acceptors (Lipinski definition) is 6. The average Bonchev–Trinajstić information content (AvgIpc) is 2.64. The zero-order valence-corrected chi connectivity index (χ0v) is 16.2. The fraction of sp³-hybridized carbons (Fsp3) is 0.250. The molecular formula is C20H22N2O6. The van der Waals surface area contributed by atoms with Crippen LogP contribution in [-0.4, -0.2) is 22.4 Å². The van der Waals surface area contributed by atoms with Crippen molar-refractivity contribution in [3.63, 3.8) is 0 Å². The maximum atomic E-state index is 12.0. The van der Waals surface area contributed by atoms with E-state index in [1.165, 1.54) is 0 Å². The Balaban J connectivity index is 2.80. The first kappa shape index (κ1) is 22.5. The van der Waals surface area contributed by atoms with Gasteiger partial charge in [0.1, 0.15) is 6.61 Å². The third-order valence-corrected chi connectivity index (χ3v) is 3.62. The van der Waals surface area contributed by atoms with Crippen LogP contribution in [-0.2, 0) is 4.74 Å². The molecule has 0 fully saturated rings. The number of nitrogens with zero attached hydrogens (tertiary/aromatic N) is 2. The van der Waals surface area contributed by atoms with E-state index in [0.29, 0.717) is 0 Å². The molecule has 28 heavy (non-hydrogen) atoms. The summed E-state index contributed by atoms with van der Waals surface area (Å²) >= 11 is 0.